The molecular formula is C18H16N2O5S. The summed E-state index contributed by atoms with van der Waals surface area (Å²) in [5, 5.41) is 2.25. The summed E-state index contributed by atoms with van der Waals surface area (Å²) >= 11 is 0.879. The lowest BCUT2D eigenvalue weighted by Crippen LogP contribution is -2.37. The molecule has 3 amide bonds. The summed E-state index contributed by atoms with van der Waals surface area (Å²) in [6.07, 6.45) is 3.06. The maximum atomic E-state index is 12.4. The van der Waals surface area contributed by atoms with Gasteiger partial charge in [-0.2, -0.15) is 0 Å². The highest BCUT2D eigenvalue weighted by molar-refractivity contribution is 8.18. The van der Waals surface area contributed by atoms with Crippen molar-refractivity contribution in [3.63, 3.8) is 0 Å². The van der Waals surface area contributed by atoms with Gasteiger partial charge in [0.2, 0.25) is 0 Å². The SMILES string of the molecule is COc1ccc(/C=C2\SC(=O)N(CCNC(=O)c3ccco3)C2=O)cc1. The van der Waals surface area contributed by atoms with E-state index in [1.165, 1.54) is 12.3 Å². The predicted octanol–water partition coefficient (Wildman–Crippen LogP) is 2.75. The van der Waals surface area contributed by atoms with E-state index < -0.39 is 5.91 Å². The number of nitrogens with zero attached hydrogens (tertiary/aromatic N) is 1. The minimum atomic E-state index is -0.393. The molecule has 0 atom stereocenters. The molecule has 134 valence electrons. The summed E-state index contributed by atoms with van der Waals surface area (Å²) < 4.78 is 10.1. The first-order valence-electron chi connectivity index (χ1n) is 7.79. The number of furan rings is 1. The second kappa shape index (κ2) is 7.92. The molecule has 1 saturated heterocycles. The van der Waals surface area contributed by atoms with Crippen LogP contribution in [0.5, 0.6) is 5.75 Å². The molecule has 0 saturated carbocycles. The van der Waals surface area contributed by atoms with Gasteiger partial charge in [0.25, 0.3) is 17.1 Å². The molecule has 0 aliphatic carbocycles. The Morgan fingerprint density at radius 1 is 1.27 bits per heavy atom. The molecule has 1 aliphatic rings. The molecule has 1 aliphatic heterocycles. The van der Waals surface area contributed by atoms with Crippen molar-refractivity contribution in [1.29, 1.82) is 0 Å². The van der Waals surface area contributed by atoms with Crippen LogP contribution in [0.15, 0.2) is 52.0 Å². The van der Waals surface area contributed by atoms with Crippen LogP contribution in [0.4, 0.5) is 4.79 Å². The first-order valence-corrected chi connectivity index (χ1v) is 8.61. The van der Waals surface area contributed by atoms with Crippen molar-refractivity contribution >= 4 is 34.9 Å². The van der Waals surface area contributed by atoms with E-state index in [4.69, 9.17) is 9.15 Å². The van der Waals surface area contributed by atoms with E-state index in [-0.39, 0.29) is 30.0 Å². The van der Waals surface area contributed by atoms with Crippen molar-refractivity contribution in [2.24, 2.45) is 0 Å². The minimum Gasteiger partial charge on any atom is -0.497 e. The Morgan fingerprint density at radius 2 is 2.04 bits per heavy atom. The maximum absolute atomic E-state index is 12.4. The second-order valence-electron chi connectivity index (χ2n) is 5.34. The van der Waals surface area contributed by atoms with Gasteiger partial charge in [0.1, 0.15) is 5.75 Å². The Kier molecular flexibility index (Phi) is 5.43. The Bertz CT molecular complexity index is 843. The lowest BCUT2D eigenvalue weighted by Gasteiger charge is -2.12. The van der Waals surface area contributed by atoms with Gasteiger partial charge < -0.3 is 14.5 Å². The summed E-state index contributed by atoms with van der Waals surface area (Å²) in [7, 11) is 1.57. The largest absolute Gasteiger partial charge is 0.497 e. The molecular weight excluding hydrogens is 356 g/mol. The van der Waals surface area contributed by atoms with Gasteiger partial charge in [0.15, 0.2) is 5.76 Å². The van der Waals surface area contributed by atoms with Crippen molar-refractivity contribution in [2.45, 2.75) is 0 Å². The molecule has 0 unspecified atom stereocenters. The number of rotatable bonds is 6. The third kappa shape index (κ3) is 3.97. The number of hydrogen-bond acceptors (Lipinski definition) is 6. The van der Waals surface area contributed by atoms with Gasteiger partial charge in [-0.1, -0.05) is 12.1 Å². The van der Waals surface area contributed by atoms with E-state index in [1.807, 2.05) is 0 Å². The summed E-state index contributed by atoms with van der Waals surface area (Å²) in [6.45, 7) is 0.241. The number of hydrogen-bond donors (Lipinski definition) is 1. The standard InChI is InChI=1S/C18H16N2O5S/c1-24-13-6-4-12(5-7-13)11-15-17(22)20(18(23)26-15)9-8-19-16(21)14-3-2-10-25-14/h2-7,10-11H,8-9H2,1H3,(H,19,21)/b15-11-. The molecule has 0 radical (unpaired) electrons. The van der Waals surface area contributed by atoms with Gasteiger partial charge in [-0.3, -0.25) is 19.3 Å². The zero-order chi connectivity index (χ0) is 18.5. The Balaban J connectivity index is 1.59. The van der Waals surface area contributed by atoms with Crippen LogP contribution < -0.4 is 10.1 Å². The average Bonchev–Trinajstić information content (AvgIpc) is 3.27. The molecule has 1 aromatic heterocycles. The number of imide groups is 1. The number of thioether (sulfide) groups is 1. The third-order valence-electron chi connectivity index (χ3n) is 3.65. The van der Waals surface area contributed by atoms with Crippen LogP contribution in [0.25, 0.3) is 6.08 Å². The molecule has 1 aromatic carbocycles. The lowest BCUT2D eigenvalue weighted by atomic mass is 10.2. The topological polar surface area (TPSA) is 88.8 Å². The van der Waals surface area contributed by atoms with Gasteiger partial charge in [0.05, 0.1) is 18.3 Å². The second-order valence-corrected chi connectivity index (χ2v) is 6.33. The quantitative estimate of drug-likeness (QED) is 0.785. The third-order valence-corrected chi connectivity index (χ3v) is 4.56. The smallest absolute Gasteiger partial charge is 0.293 e. The highest BCUT2D eigenvalue weighted by Crippen LogP contribution is 2.32. The molecule has 8 heteroatoms. The molecule has 1 fully saturated rings. The molecule has 7 nitrogen and oxygen atoms in total. The van der Waals surface area contributed by atoms with Crippen LogP contribution in [-0.2, 0) is 4.79 Å². The van der Waals surface area contributed by atoms with Crippen LogP contribution in [0.1, 0.15) is 16.1 Å². The summed E-state index contributed by atoms with van der Waals surface area (Å²) in [5.74, 6) is 0.125. The molecule has 0 spiro atoms. The minimum absolute atomic E-state index is 0.0943. The molecule has 3 rings (SSSR count). The monoisotopic (exact) mass is 372 g/mol. The first-order chi connectivity index (χ1) is 12.6. The van der Waals surface area contributed by atoms with Crippen LogP contribution >= 0.6 is 11.8 Å². The van der Waals surface area contributed by atoms with E-state index >= 15 is 0 Å². The molecule has 26 heavy (non-hydrogen) atoms. The van der Waals surface area contributed by atoms with Crippen LogP contribution in [-0.4, -0.2) is 42.2 Å². The Morgan fingerprint density at radius 3 is 2.69 bits per heavy atom. The fraction of sp³-hybridized carbons (Fsp3) is 0.167. The maximum Gasteiger partial charge on any atom is 0.293 e. The average molecular weight is 372 g/mol. The van der Waals surface area contributed by atoms with Crippen molar-refractivity contribution in [3.05, 3.63) is 58.9 Å². The van der Waals surface area contributed by atoms with Crippen molar-refractivity contribution in [1.82, 2.24) is 10.2 Å². The van der Waals surface area contributed by atoms with Crippen LogP contribution in [0.3, 0.4) is 0 Å². The molecule has 2 aromatic rings. The molecule has 0 bridgehead atoms. The number of carbonyl (C=O) groups is 3. The lowest BCUT2D eigenvalue weighted by molar-refractivity contribution is -0.122. The Hall–Kier alpha value is -3.00. The van der Waals surface area contributed by atoms with Crippen LogP contribution in [0.2, 0.25) is 0 Å². The normalized spacial score (nSPS) is 15.6. The van der Waals surface area contributed by atoms with Gasteiger partial charge in [-0.15, -0.1) is 0 Å². The van der Waals surface area contributed by atoms with E-state index in [0.29, 0.717) is 10.7 Å². The van der Waals surface area contributed by atoms with Gasteiger partial charge in [-0.05, 0) is 47.7 Å². The van der Waals surface area contributed by atoms with E-state index in [1.54, 1.807) is 43.5 Å². The number of amides is 3. The molecule has 2 heterocycles. The van der Waals surface area contributed by atoms with Crippen molar-refractivity contribution in [2.75, 3.05) is 20.2 Å². The highest BCUT2D eigenvalue weighted by atomic mass is 32.2. The number of methoxy groups -OCH3 is 1. The summed E-state index contributed by atoms with van der Waals surface area (Å²) in [6, 6.07) is 10.3. The Labute approximate surface area is 154 Å². The first kappa shape index (κ1) is 17.8. The van der Waals surface area contributed by atoms with E-state index in [9.17, 15) is 14.4 Å². The molecule has 1 N–H and O–H groups in total. The number of nitrogens with one attached hydrogen (secondary N) is 1. The predicted molar refractivity (Wildman–Crippen MR) is 96.7 cm³/mol. The fourth-order valence-electron chi connectivity index (χ4n) is 2.32. The highest BCUT2D eigenvalue weighted by Gasteiger charge is 2.34. The zero-order valence-electron chi connectivity index (χ0n) is 13.9. The van der Waals surface area contributed by atoms with Gasteiger partial charge >= 0.3 is 0 Å². The zero-order valence-corrected chi connectivity index (χ0v) is 14.7. The number of ether oxygens (including phenoxy) is 1. The van der Waals surface area contributed by atoms with Crippen LogP contribution in [0, 0.1) is 0 Å². The fourth-order valence-corrected chi connectivity index (χ4v) is 3.19. The van der Waals surface area contributed by atoms with Crippen molar-refractivity contribution < 1.29 is 23.5 Å². The van der Waals surface area contributed by atoms with Gasteiger partial charge in [0, 0.05) is 13.1 Å². The van der Waals surface area contributed by atoms with E-state index in [0.717, 1.165) is 22.2 Å². The van der Waals surface area contributed by atoms with Crippen molar-refractivity contribution in [3.8, 4) is 5.75 Å². The van der Waals surface area contributed by atoms with Gasteiger partial charge in [-0.25, -0.2) is 0 Å². The summed E-state index contributed by atoms with van der Waals surface area (Å²) in [4.78, 5) is 37.7. The summed E-state index contributed by atoms with van der Waals surface area (Å²) in [5.41, 5.74) is 0.794. The number of benzene rings is 1. The van der Waals surface area contributed by atoms with E-state index in [2.05, 4.69) is 5.32 Å². The number of carbonyl (C=O) groups excluding carboxylic acids is 3.